The Morgan fingerprint density at radius 3 is 1.69 bits per heavy atom. The van der Waals surface area contributed by atoms with Crippen LogP contribution in [0.25, 0.3) is 0 Å². The van der Waals surface area contributed by atoms with E-state index in [9.17, 15) is 30.0 Å². The molecule has 2 unspecified atom stereocenters. The number of hydrogen-bond acceptors (Lipinski definition) is 10. The second-order valence-electron chi connectivity index (χ2n) is 13.4. The third-order valence-electron chi connectivity index (χ3n) is 8.90. The number of aliphatic hydroxyl groups is 4. The molecule has 1 heterocycles. The zero-order valence-electron chi connectivity index (χ0n) is 30.2. The first-order valence-corrected chi connectivity index (χ1v) is 19.3. The number of unbranched alkanes of at least 4 members (excludes halogenated alkanes) is 18. The molecule has 0 bridgehead atoms. The van der Waals surface area contributed by atoms with Gasteiger partial charge in [-0.3, -0.25) is 9.59 Å². The van der Waals surface area contributed by atoms with Crippen molar-refractivity contribution in [2.24, 2.45) is 0 Å². The maximum Gasteiger partial charge on any atom is 0.306 e. The van der Waals surface area contributed by atoms with Gasteiger partial charge in [-0.15, -0.1) is 0 Å². The van der Waals surface area contributed by atoms with E-state index in [1.807, 2.05) is 0 Å². The van der Waals surface area contributed by atoms with Crippen molar-refractivity contribution in [3.05, 3.63) is 12.2 Å². The molecule has 1 saturated heterocycles. The zero-order chi connectivity index (χ0) is 35.2. The number of carbonyl (C=O) groups excluding carboxylic acids is 2. The highest BCUT2D eigenvalue weighted by Crippen LogP contribution is 2.22. The monoisotopic (exact) mass is 686 g/mol. The molecular weight excluding hydrogens is 616 g/mol. The van der Waals surface area contributed by atoms with Crippen molar-refractivity contribution >= 4 is 11.9 Å². The van der Waals surface area contributed by atoms with Crippen molar-refractivity contribution in [1.82, 2.24) is 0 Å². The Balaban J connectivity index is 2.35. The topological polar surface area (TPSA) is 152 Å². The SMILES string of the molecule is CCCC/C=C/CCCCCCCCCCCC(=O)OC[C@@H](CO[C@H]1O[C@@H](CO)[C@@H](O)C(O)C1O)OC(=O)CCCCCCCCCC. The summed E-state index contributed by atoms with van der Waals surface area (Å²) in [6.07, 6.45) is 20.9. The average molecular weight is 687 g/mol. The Morgan fingerprint density at radius 1 is 0.625 bits per heavy atom. The fraction of sp³-hybridized carbons (Fsp3) is 0.895. The Labute approximate surface area is 291 Å². The minimum atomic E-state index is -1.59. The molecule has 1 rings (SSSR count). The Hall–Kier alpha value is -1.56. The first kappa shape index (κ1) is 44.5. The lowest BCUT2D eigenvalue weighted by Gasteiger charge is -2.39. The van der Waals surface area contributed by atoms with E-state index in [-0.39, 0.29) is 32.0 Å². The molecule has 1 aliphatic heterocycles. The van der Waals surface area contributed by atoms with Crippen LogP contribution in [0.1, 0.15) is 162 Å². The predicted octanol–water partition coefficient (Wildman–Crippen LogP) is 6.83. The van der Waals surface area contributed by atoms with E-state index >= 15 is 0 Å². The zero-order valence-corrected chi connectivity index (χ0v) is 30.2. The van der Waals surface area contributed by atoms with Gasteiger partial charge >= 0.3 is 11.9 Å². The van der Waals surface area contributed by atoms with Gasteiger partial charge in [0.05, 0.1) is 13.2 Å². The number of aliphatic hydroxyl groups excluding tert-OH is 4. The van der Waals surface area contributed by atoms with Crippen LogP contribution in [0.2, 0.25) is 0 Å². The molecule has 0 radical (unpaired) electrons. The molecule has 10 heteroatoms. The fourth-order valence-corrected chi connectivity index (χ4v) is 5.76. The van der Waals surface area contributed by atoms with E-state index < -0.39 is 49.4 Å². The van der Waals surface area contributed by atoms with Gasteiger partial charge < -0.3 is 39.4 Å². The smallest absolute Gasteiger partial charge is 0.306 e. The molecule has 0 spiro atoms. The third-order valence-corrected chi connectivity index (χ3v) is 8.90. The van der Waals surface area contributed by atoms with Crippen molar-refractivity contribution in [2.45, 2.75) is 198 Å². The highest BCUT2D eigenvalue weighted by molar-refractivity contribution is 5.70. The van der Waals surface area contributed by atoms with Crippen LogP contribution in [0.15, 0.2) is 12.2 Å². The van der Waals surface area contributed by atoms with Gasteiger partial charge in [0.15, 0.2) is 12.4 Å². The van der Waals surface area contributed by atoms with E-state index in [2.05, 4.69) is 26.0 Å². The molecule has 4 N–H and O–H groups in total. The summed E-state index contributed by atoms with van der Waals surface area (Å²) in [4.78, 5) is 25.1. The van der Waals surface area contributed by atoms with Gasteiger partial charge in [0.2, 0.25) is 0 Å². The van der Waals surface area contributed by atoms with E-state index in [0.717, 1.165) is 44.9 Å². The fourth-order valence-electron chi connectivity index (χ4n) is 5.76. The summed E-state index contributed by atoms with van der Waals surface area (Å²) in [5, 5.41) is 39.8. The van der Waals surface area contributed by atoms with Crippen molar-refractivity contribution in [3.63, 3.8) is 0 Å². The van der Waals surface area contributed by atoms with Crippen molar-refractivity contribution in [1.29, 1.82) is 0 Å². The van der Waals surface area contributed by atoms with E-state index in [0.29, 0.717) is 6.42 Å². The highest BCUT2D eigenvalue weighted by Gasteiger charge is 2.44. The summed E-state index contributed by atoms with van der Waals surface area (Å²) in [6, 6.07) is 0. The summed E-state index contributed by atoms with van der Waals surface area (Å²) in [5.74, 6) is -0.811. The second kappa shape index (κ2) is 30.3. The lowest BCUT2D eigenvalue weighted by Crippen LogP contribution is -2.59. The number of rotatable bonds is 31. The number of allylic oxidation sites excluding steroid dienone is 2. The normalized spacial score (nSPS) is 21.8. The van der Waals surface area contributed by atoms with Crippen LogP contribution in [0.4, 0.5) is 0 Å². The van der Waals surface area contributed by atoms with Crippen LogP contribution in [0, 0.1) is 0 Å². The van der Waals surface area contributed by atoms with Crippen molar-refractivity contribution in [2.75, 3.05) is 19.8 Å². The van der Waals surface area contributed by atoms with Crippen LogP contribution < -0.4 is 0 Å². The maximum absolute atomic E-state index is 12.6. The van der Waals surface area contributed by atoms with Gasteiger partial charge in [-0.1, -0.05) is 129 Å². The quantitative estimate of drug-likeness (QED) is 0.0347. The molecule has 0 saturated carbocycles. The first-order valence-electron chi connectivity index (χ1n) is 19.3. The summed E-state index contributed by atoms with van der Waals surface area (Å²) < 4.78 is 22.0. The van der Waals surface area contributed by atoms with Crippen LogP contribution in [0.5, 0.6) is 0 Å². The predicted molar refractivity (Wildman–Crippen MR) is 187 cm³/mol. The summed E-state index contributed by atoms with van der Waals surface area (Å²) in [7, 11) is 0. The Kier molecular flexibility index (Phi) is 28.0. The van der Waals surface area contributed by atoms with Gasteiger partial charge in [0.25, 0.3) is 0 Å². The van der Waals surface area contributed by atoms with Gasteiger partial charge in [-0.25, -0.2) is 0 Å². The van der Waals surface area contributed by atoms with Crippen LogP contribution in [-0.2, 0) is 28.5 Å². The van der Waals surface area contributed by atoms with Gasteiger partial charge in [-0.05, 0) is 32.1 Å². The molecule has 0 aromatic rings. The first-order chi connectivity index (χ1) is 23.3. The van der Waals surface area contributed by atoms with Crippen molar-refractivity contribution in [3.8, 4) is 0 Å². The summed E-state index contributed by atoms with van der Waals surface area (Å²) >= 11 is 0. The third kappa shape index (κ3) is 22.2. The molecule has 0 aromatic carbocycles. The molecule has 0 aromatic heterocycles. The van der Waals surface area contributed by atoms with Crippen LogP contribution in [0.3, 0.4) is 0 Å². The molecule has 48 heavy (non-hydrogen) atoms. The number of esters is 2. The lowest BCUT2D eigenvalue weighted by molar-refractivity contribution is -0.305. The lowest BCUT2D eigenvalue weighted by atomic mass is 9.99. The second-order valence-corrected chi connectivity index (χ2v) is 13.4. The van der Waals surface area contributed by atoms with E-state index in [1.54, 1.807) is 0 Å². The Morgan fingerprint density at radius 2 is 1.12 bits per heavy atom. The van der Waals surface area contributed by atoms with E-state index in [4.69, 9.17) is 18.9 Å². The Bertz CT molecular complexity index is 804. The minimum absolute atomic E-state index is 0.214. The average Bonchev–Trinajstić information content (AvgIpc) is 3.08. The summed E-state index contributed by atoms with van der Waals surface area (Å²) in [6.45, 7) is 3.34. The molecule has 1 fully saturated rings. The molecule has 0 aliphatic carbocycles. The highest BCUT2D eigenvalue weighted by atomic mass is 16.7. The number of carbonyl (C=O) groups is 2. The maximum atomic E-state index is 12.6. The molecule has 10 nitrogen and oxygen atoms in total. The number of ether oxygens (including phenoxy) is 4. The van der Waals surface area contributed by atoms with Crippen LogP contribution in [-0.4, -0.2) is 89.0 Å². The molecular formula is C38H70O10. The largest absolute Gasteiger partial charge is 0.462 e. The number of hydrogen-bond donors (Lipinski definition) is 4. The van der Waals surface area contributed by atoms with Gasteiger partial charge in [0.1, 0.15) is 31.0 Å². The standard InChI is InChI=1S/C38H70O10/c1-3-5-7-9-11-13-14-15-16-17-18-19-21-22-24-26-33(40)45-29-31(47-34(41)27-25-23-20-12-10-8-6-4-2)30-46-38-37(44)36(43)35(42)32(28-39)48-38/h9,11,31-32,35-39,42-44H,3-8,10,12-30H2,1-2H3/b11-9+/t31-,32-,35+,36?,37?,38-/m0/s1. The van der Waals surface area contributed by atoms with Crippen molar-refractivity contribution < 1.29 is 49.0 Å². The molecule has 1 aliphatic rings. The van der Waals surface area contributed by atoms with Gasteiger partial charge in [-0.2, -0.15) is 0 Å². The molecule has 282 valence electrons. The molecule has 0 amide bonds. The van der Waals surface area contributed by atoms with E-state index in [1.165, 1.54) is 83.5 Å². The summed E-state index contributed by atoms with van der Waals surface area (Å²) in [5.41, 5.74) is 0. The molecule has 6 atom stereocenters. The van der Waals surface area contributed by atoms with Crippen LogP contribution >= 0.6 is 0 Å². The minimum Gasteiger partial charge on any atom is -0.462 e. The van der Waals surface area contributed by atoms with Gasteiger partial charge in [0, 0.05) is 12.8 Å².